The molecule has 0 spiro atoms. The van der Waals surface area contributed by atoms with Crippen LogP contribution in [-0.4, -0.2) is 28.6 Å². The smallest absolute Gasteiger partial charge is 0.427 e. The van der Waals surface area contributed by atoms with Gasteiger partial charge < -0.3 is 4.74 Å². The second-order valence-corrected chi connectivity index (χ2v) is 6.53. The van der Waals surface area contributed by atoms with Crippen molar-refractivity contribution in [3.05, 3.63) is 12.2 Å². The Kier molecular flexibility index (Phi) is 2.68. The number of rotatable bonds is 1. The van der Waals surface area contributed by atoms with E-state index >= 15 is 0 Å². The van der Waals surface area contributed by atoms with Gasteiger partial charge in [-0.05, 0) is 39.0 Å². The molecule has 0 aromatic heterocycles. The minimum absolute atomic E-state index is 0.0914. The van der Waals surface area contributed by atoms with E-state index in [4.69, 9.17) is 9.57 Å². The minimum atomic E-state index is -1.03. The molecule has 4 atom stereocenters. The van der Waals surface area contributed by atoms with Gasteiger partial charge in [-0.1, -0.05) is 17.2 Å². The molecule has 1 aliphatic heterocycles. The summed E-state index contributed by atoms with van der Waals surface area (Å²) in [7, 11) is 0. The molecule has 2 aliphatic carbocycles. The Labute approximate surface area is 116 Å². The van der Waals surface area contributed by atoms with Crippen molar-refractivity contribution in [3.8, 4) is 0 Å². The summed E-state index contributed by atoms with van der Waals surface area (Å²) in [4.78, 5) is 40.9. The molecule has 0 aromatic rings. The molecule has 3 aliphatic rings. The Bertz CT molecular complexity index is 488. The lowest BCUT2D eigenvalue weighted by atomic mass is 9.85. The van der Waals surface area contributed by atoms with Crippen LogP contribution in [0.25, 0.3) is 0 Å². The second kappa shape index (κ2) is 4.07. The van der Waals surface area contributed by atoms with Gasteiger partial charge in [-0.15, -0.1) is 0 Å². The highest BCUT2D eigenvalue weighted by Crippen LogP contribution is 2.52. The molecule has 3 rings (SSSR count). The fraction of sp³-hybridized carbons (Fsp3) is 0.643. The summed E-state index contributed by atoms with van der Waals surface area (Å²) in [6.45, 7) is 5.04. The van der Waals surface area contributed by atoms with Gasteiger partial charge in [0.2, 0.25) is 0 Å². The first-order valence-electron chi connectivity index (χ1n) is 6.75. The number of imide groups is 1. The first-order chi connectivity index (χ1) is 9.28. The predicted molar refractivity (Wildman–Crippen MR) is 66.9 cm³/mol. The number of allylic oxidation sites excluding steroid dienone is 2. The van der Waals surface area contributed by atoms with Gasteiger partial charge in [0.05, 0.1) is 11.8 Å². The molecular formula is C14H17NO5. The van der Waals surface area contributed by atoms with Crippen molar-refractivity contribution in [3.63, 3.8) is 0 Å². The average molecular weight is 279 g/mol. The van der Waals surface area contributed by atoms with E-state index in [-0.39, 0.29) is 23.7 Å². The molecule has 20 heavy (non-hydrogen) atoms. The molecule has 6 heteroatoms. The number of hydrogen-bond donors (Lipinski definition) is 0. The van der Waals surface area contributed by atoms with Crippen molar-refractivity contribution in [1.29, 1.82) is 0 Å². The van der Waals surface area contributed by atoms with Crippen molar-refractivity contribution in [2.24, 2.45) is 23.7 Å². The first-order valence-corrected chi connectivity index (χ1v) is 6.75. The summed E-state index contributed by atoms with van der Waals surface area (Å²) in [6, 6.07) is 0. The molecule has 1 saturated heterocycles. The first kappa shape index (κ1) is 13.1. The zero-order valence-corrected chi connectivity index (χ0v) is 11.7. The molecule has 1 saturated carbocycles. The second-order valence-electron chi connectivity index (χ2n) is 6.53. The Morgan fingerprint density at radius 2 is 1.65 bits per heavy atom. The highest BCUT2D eigenvalue weighted by Gasteiger charge is 2.61. The van der Waals surface area contributed by atoms with Crippen LogP contribution in [0.3, 0.4) is 0 Å². The fourth-order valence-corrected chi connectivity index (χ4v) is 3.31. The molecule has 1 heterocycles. The van der Waals surface area contributed by atoms with E-state index in [1.165, 1.54) is 0 Å². The average Bonchev–Trinajstić information content (AvgIpc) is 2.96. The van der Waals surface area contributed by atoms with Crippen LogP contribution in [0.15, 0.2) is 12.2 Å². The van der Waals surface area contributed by atoms with Crippen LogP contribution in [-0.2, 0) is 19.2 Å². The van der Waals surface area contributed by atoms with Crippen LogP contribution < -0.4 is 0 Å². The van der Waals surface area contributed by atoms with E-state index in [0.717, 1.165) is 6.42 Å². The molecule has 6 nitrogen and oxygen atoms in total. The largest absolute Gasteiger partial charge is 0.534 e. The van der Waals surface area contributed by atoms with E-state index in [0.29, 0.717) is 5.06 Å². The van der Waals surface area contributed by atoms with Crippen molar-refractivity contribution >= 4 is 18.0 Å². The van der Waals surface area contributed by atoms with Crippen molar-refractivity contribution < 1.29 is 24.0 Å². The van der Waals surface area contributed by atoms with Gasteiger partial charge in [-0.25, -0.2) is 4.79 Å². The summed E-state index contributed by atoms with van der Waals surface area (Å²) in [5, 5.41) is 0.593. The van der Waals surface area contributed by atoms with E-state index in [1.54, 1.807) is 20.8 Å². The van der Waals surface area contributed by atoms with Gasteiger partial charge in [0.1, 0.15) is 5.60 Å². The molecule has 0 unspecified atom stereocenters. The Hall–Kier alpha value is -1.85. The number of carbonyl (C=O) groups is 3. The zero-order chi connectivity index (χ0) is 14.7. The predicted octanol–water partition coefficient (Wildman–Crippen LogP) is 1.66. The zero-order valence-electron chi connectivity index (χ0n) is 11.7. The summed E-state index contributed by atoms with van der Waals surface area (Å²) in [5.41, 5.74) is -0.737. The maximum Gasteiger partial charge on any atom is 0.534 e. The standard InChI is InChI=1S/C14H17NO5/c1-14(2,3)19-13(18)20-15-11(16)9-7-4-5-8(6-7)10(9)12(15)17/h4-5,7-10H,6H2,1-3H3/t7-,8+,9+,10-. The van der Waals surface area contributed by atoms with Crippen molar-refractivity contribution in [1.82, 2.24) is 5.06 Å². The summed E-state index contributed by atoms with van der Waals surface area (Å²) in [5.74, 6) is -1.42. The monoisotopic (exact) mass is 279 g/mol. The summed E-state index contributed by atoms with van der Waals surface area (Å²) in [6.07, 6.45) is 3.77. The van der Waals surface area contributed by atoms with Crippen LogP contribution >= 0.6 is 0 Å². The number of carbonyl (C=O) groups excluding carboxylic acids is 3. The molecule has 2 amide bonds. The van der Waals surface area contributed by atoms with E-state index in [1.807, 2.05) is 12.2 Å². The topological polar surface area (TPSA) is 72.9 Å². The number of nitrogens with zero attached hydrogens (tertiary/aromatic N) is 1. The third kappa shape index (κ3) is 1.90. The summed E-state index contributed by atoms with van der Waals surface area (Å²) < 4.78 is 4.96. The van der Waals surface area contributed by atoms with Gasteiger partial charge in [-0.3, -0.25) is 14.4 Å². The number of fused-ring (bicyclic) bond motifs is 5. The number of amides is 2. The number of hydroxylamine groups is 2. The van der Waals surface area contributed by atoms with E-state index in [2.05, 4.69) is 0 Å². The normalized spacial score (nSPS) is 34.6. The lowest BCUT2D eigenvalue weighted by Gasteiger charge is -2.21. The number of hydrogen-bond acceptors (Lipinski definition) is 5. The van der Waals surface area contributed by atoms with Gasteiger partial charge in [-0.2, -0.15) is 0 Å². The summed E-state index contributed by atoms with van der Waals surface area (Å²) >= 11 is 0. The minimum Gasteiger partial charge on any atom is -0.427 e. The molecule has 0 N–H and O–H groups in total. The Morgan fingerprint density at radius 3 is 2.10 bits per heavy atom. The van der Waals surface area contributed by atoms with Crippen LogP contribution in [0, 0.1) is 23.7 Å². The fourth-order valence-electron chi connectivity index (χ4n) is 3.31. The molecule has 2 bridgehead atoms. The molecular weight excluding hydrogens is 262 g/mol. The maximum atomic E-state index is 12.2. The molecule has 0 radical (unpaired) electrons. The van der Waals surface area contributed by atoms with Crippen molar-refractivity contribution in [2.45, 2.75) is 32.8 Å². The lowest BCUT2D eigenvalue weighted by Crippen LogP contribution is -2.37. The van der Waals surface area contributed by atoms with Gasteiger partial charge in [0, 0.05) is 0 Å². The molecule has 0 aromatic carbocycles. The maximum absolute atomic E-state index is 12.2. The van der Waals surface area contributed by atoms with Gasteiger partial charge >= 0.3 is 6.16 Å². The molecule has 108 valence electrons. The van der Waals surface area contributed by atoms with Gasteiger partial charge in [0.15, 0.2) is 0 Å². The van der Waals surface area contributed by atoms with Crippen molar-refractivity contribution in [2.75, 3.05) is 0 Å². The van der Waals surface area contributed by atoms with E-state index < -0.39 is 23.6 Å². The Balaban J connectivity index is 1.72. The van der Waals surface area contributed by atoms with Gasteiger partial charge in [0.25, 0.3) is 11.8 Å². The van der Waals surface area contributed by atoms with Crippen LogP contribution in [0.2, 0.25) is 0 Å². The SMILES string of the molecule is CC(C)(C)OC(=O)ON1C(=O)[C@@H]2[C@H](C1=O)[C@H]1C=C[C@@H]2C1. The Morgan fingerprint density at radius 1 is 1.15 bits per heavy atom. The highest BCUT2D eigenvalue weighted by molar-refractivity contribution is 6.05. The quantitative estimate of drug-likeness (QED) is 0.414. The number of ether oxygens (including phenoxy) is 1. The van der Waals surface area contributed by atoms with E-state index in [9.17, 15) is 14.4 Å². The van der Waals surface area contributed by atoms with Crippen LogP contribution in [0.4, 0.5) is 4.79 Å². The third-order valence-electron chi connectivity index (χ3n) is 3.99. The molecule has 2 fully saturated rings. The van der Waals surface area contributed by atoms with Crippen LogP contribution in [0.5, 0.6) is 0 Å². The highest BCUT2D eigenvalue weighted by atomic mass is 16.8. The lowest BCUT2D eigenvalue weighted by molar-refractivity contribution is -0.183. The third-order valence-corrected chi connectivity index (χ3v) is 3.99. The van der Waals surface area contributed by atoms with Crippen LogP contribution in [0.1, 0.15) is 27.2 Å².